The number of amides is 1. The largest absolute Gasteiger partial charge is 0.394 e. The van der Waals surface area contributed by atoms with Crippen molar-refractivity contribution in [1.29, 1.82) is 0 Å². The molecule has 1 saturated heterocycles. The highest BCUT2D eigenvalue weighted by molar-refractivity contribution is 6.29. The highest BCUT2D eigenvalue weighted by Crippen LogP contribution is 2.14. The van der Waals surface area contributed by atoms with Gasteiger partial charge >= 0.3 is 0 Å². The maximum atomic E-state index is 12.2. The summed E-state index contributed by atoms with van der Waals surface area (Å²) in [4.78, 5) is 17.6. The van der Waals surface area contributed by atoms with Gasteiger partial charge in [-0.2, -0.15) is 0 Å². The molecule has 0 aromatic carbocycles. The molecule has 0 aliphatic carbocycles. The third-order valence-electron chi connectivity index (χ3n) is 2.67. The Kier molecular flexibility index (Phi) is 3.93. The molecule has 1 N–H and O–H groups in total. The third kappa shape index (κ3) is 2.74. The molecule has 1 atom stereocenters. The molecule has 1 aromatic rings. The van der Waals surface area contributed by atoms with Crippen molar-refractivity contribution < 1.29 is 14.6 Å². The molecule has 0 spiro atoms. The van der Waals surface area contributed by atoms with Crippen LogP contribution in [0.5, 0.6) is 0 Å². The van der Waals surface area contributed by atoms with E-state index in [2.05, 4.69) is 4.98 Å². The Morgan fingerprint density at radius 1 is 1.71 bits per heavy atom. The first kappa shape index (κ1) is 12.3. The predicted octanol–water partition coefficient (Wildman–Crippen LogP) is 0.568. The number of halogens is 1. The molecule has 1 fully saturated rings. The fourth-order valence-corrected chi connectivity index (χ4v) is 1.95. The third-order valence-corrected chi connectivity index (χ3v) is 2.88. The quantitative estimate of drug-likeness (QED) is 0.786. The second-order valence-electron chi connectivity index (χ2n) is 3.78. The van der Waals surface area contributed by atoms with Crippen LogP contribution in [0.25, 0.3) is 0 Å². The molecule has 1 amide bonds. The summed E-state index contributed by atoms with van der Waals surface area (Å²) in [5.41, 5.74) is 0.477. The van der Waals surface area contributed by atoms with Gasteiger partial charge in [-0.15, -0.1) is 0 Å². The number of hydrogen-bond donors (Lipinski definition) is 1. The van der Waals surface area contributed by atoms with E-state index in [1.165, 1.54) is 12.3 Å². The Hall–Kier alpha value is -1.17. The standard InChI is InChI=1S/C11H13ClN2O3/c12-10-5-8(1-2-13-10)11(16)14-3-4-17-7-9(14)6-15/h1-2,5,9,15H,3-4,6-7H2. The number of aliphatic hydroxyl groups is 1. The SMILES string of the molecule is O=C(c1ccnc(Cl)c1)N1CCOCC1CO. The maximum absolute atomic E-state index is 12.2. The molecular formula is C11H13ClN2O3. The molecule has 1 aliphatic heterocycles. The summed E-state index contributed by atoms with van der Waals surface area (Å²) >= 11 is 5.74. The summed E-state index contributed by atoms with van der Waals surface area (Å²) in [7, 11) is 0. The van der Waals surface area contributed by atoms with Crippen molar-refractivity contribution in [2.24, 2.45) is 0 Å². The summed E-state index contributed by atoms with van der Waals surface area (Å²) in [6.45, 7) is 1.22. The van der Waals surface area contributed by atoms with E-state index in [4.69, 9.17) is 16.3 Å². The molecule has 0 radical (unpaired) electrons. The summed E-state index contributed by atoms with van der Waals surface area (Å²) in [6.07, 6.45) is 1.49. The van der Waals surface area contributed by atoms with Gasteiger partial charge < -0.3 is 14.7 Å². The molecule has 6 heteroatoms. The van der Waals surface area contributed by atoms with Crippen molar-refractivity contribution in [3.8, 4) is 0 Å². The van der Waals surface area contributed by atoms with E-state index in [0.717, 1.165) is 0 Å². The van der Waals surface area contributed by atoms with Gasteiger partial charge in [0.25, 0.3) is 5.91 Å². The molecule has 1 aromatic heterocycles. The van der Waals surface area contributed by atoms with E-state index in [0.29, 0.717) is 25.3 Å². The Morgan fingerprint density at radius 3 is 3.24 bits per heavy atom. The lowest BCUT2D eigenvalue weighted by Crippen LogP contribution is -2.50. The van der Waals surface area contributed by atoms with E-state index in [1.54, 1.807) is 11.0 Å². The number of ether oxygens (including phenoxy) is 1. The number of pyridine rings is 1. The zero-order valence-electron chi connectivity index (χ0n) is 9.17. The number of carbonyl (C=O) groups excluding carboxylic acids is 1. The summed E-state index contributed by atoms with van der Waals surface area (Å²) in [5.74, 6) is -0.156. The van der Waals surface area contributed by atoms with Crippen LogP contribution >= 0.6 is 11.6 Å². The lowest BCUT2D eigenvalue weighted by molar-refractivity contribution is -0.0183. The number of nitrogens with zero attached hydrogens (tertiary/aromatic N) is 2. The van der Waals surface area contributed by atoms with Gasteiger partial charge in [-0.05, 0) is 12.1 Å². The van der Waals surface area contributed by atoms with Crippen LogP contribution < -0.4 is 0 Å². The average molecular weight is 257 g/mol. The first-order valence-corrected chi connectivity index (χ1v) is 5.71. The van der Waals surface area contributed by atoms with Crippen LogP contribution in [0.3, 0.4) is 0 Å². The first-order chi connectivity index (χ1) is 8.22. The molecule has 5 nitrogen and oxygen atoms in total. The Labute approximate surface area is 104 Å². The number of rotatable bonds is 2. The van der Waals surface area contributed by atoms with Crippen LogP contribution in [0.2, 0.25) is 5.15 Å². The van der Waals surface area contributed by atoms with Gasteiger partial charge in [0.15, 0.2) is 0 Å². The minimum Gasteiger partial charge on any atom is -0.394 e. The van der Waals surface area contributed by atoms with E-state index in [-0.39, 0.29) is 23.7 Å². The van der Waals surface area contributed by atoms with Crippen LogP contribution in [0.15, 0.2) is 18.3 Å². The van der Waals surface area contributed by atoms with Gasteiger partial charge in [0.2, 0.25) is 0 Å². The highest BCUT2D eigenvalue weighted by atomic mass is 35.5. The van der Waals surface area contributed by atoms with Crippen LogP contribution in [0.1, 0.15) is 10.4 Å². The fourth-order valence-electron chi connectivity index (χ4n) is 1.77. The molecule has 2 rings (SSSR count). The Morgan fingerprint density at radius 2 is 2.53 bits per heavy atom. The minimum atomic E-state index is -0.289. The number of hydrogen-bond acceptors (Lipinski definition) is 4. The van der Waals surface area contributed by atoms with Crippen LogP contribution in [0.4, 0.5) is 0 Å². The molecular weight excluding hydrogens is 244 g/mol. The Bertz CT molecular complexity index is 413. The average Bonchev–Trinajstić information content (AvgIpc) is 2.38. The topological polar surface area (TPSA) is 62.7 Å². The molecule has 2 heterocycles. The van der Waals surface area contributed by atoms with Gasteiger partial charge in [0.05, 0.1) is 25.9 Å². The molecule has 1 aliphatic rings. The number of aliphatic hydroxyl groups excluding tert-OH is 1. The van der Waals surface area contributed by atoms with E-state index in [1.807, 2.05) is 0 Å². The lowest BCUT2D eigenvalue weighted by atomic mass is 10.1. The van der Waals surface area contributed by atoms with Crippen molar-refractivity contribution >= 4 is 17.5 Å². The number of morpholine rings is 1. The van der Waals surface area contributed by atoms with Crippen molar-refractivity contribution in [1.82, 2.24) is 9.88 Å². The predicted molar refractivity (Wildman–Crippen MR) is 62.0 cm³/mol. The molecule has 0 saturated carbocycles. The zero-order valence-corrected chi connectivity index (χ0v) is 9.93. The zero-order chi connectivity index (χ0) is 12.3. The van der Waals surface area contributed by atoms with Gasteiger partial charge in [0.1, 0.15) is 5.15 Å². The van der Waals surface area contributed by atoms with Gasteiger partial charge in [-0.1, -0.05) is 11.6 Å². The first-order valence-electron chi connectivity index (χ1n) is 5.33. The van der Waals surface area contributed by atoms with Crippen molar-refractivity contribution in [3.05, 3.63) is 29.0 Å². The van der Waals surface area contributed by atoms with Crippen LogP contribution in [-0.2, 0) is 4.74 Å². The molecule has 0 bridgehead atoms. The smallest absolute Gasteiger partial charge is 0.254 e. The monoisotopic (exact) mass is 256 g/mol. The molecule has 17 heavy (non-hydrogen) atoms. The number of aromatic nitrogens is 1. The van der Waals surface area contributed by atoms with E-state index < -0.39 is 0 Å². The van der Waals surface area contributed by atoms with Crippen molar-refractivity contribution in [2.45, 2.75) is 6.04 Å². The van der Waals surface area contributed by atoms with Gasteiger partial charge in [0, 0.05) is 18.3 Å². The number of carbonyl (C=O) groups is 1. The summed E-state index contributed by atoms with van der Waals surface area (Å²) in [6, 6.07) is 2.84. The van der Waals surface area contributed by atoms with Gasteiger partial charge in [-0.25, -0.2) is 4.98 Å². The second kappa shape index (κ2) is 5.44. The van der Waals surface area contributed by atoms with Crippen molar-refractivity contribution in [3.63, 3.8) is 0 Å². The summed E-state index contributed by atoms with van der Waals surface area (Å²) in [5, 5.41) is 9.48. The van der Waals surface area contributed by atoms with Crippen molar-refractivity contribution in [2.75, 3.05) is 26.4 Å². The lowest BCUT2D eigenvalue weighted by Gasteiger charge is -2.34. The van der Waals surface area contributed by atoms with Gasteiger partial charge in [-0.3, -0.25) is 4.79 Å². The molecule has 1 unspecified atom stereocenters. The minimum absolute atomic E-state index is 0.107. The van der Waals surface area contributed by atoms with Crippen LogP contribution in [-0.4, -0.2) is 53.3 Å². The normalized spacial score (nSPS) is 20.4. The molecule has 92 valence electrons. The summed E-state index contributed by atoms with van der Waals surface area (Å²) < 4.78 is 5.22. The Balaban J connectivity index is 2.18. The maximum Gasteiger partial charge on any atom is 0.254 e. The highest BCUT2D eigenvalue weighted by Gasteiger charge is 2.27. The fraction of sp³-hybridized carbons (Fsp3) is 0.455. The van der Waals surface area contributed by atoms with E-state index in [9.17, 15) is 9.90 Å². The van der Waals surface area contributed by atoms with E-state index >= 15 is 0 Å². The van der Waals surface area contributed by atoms with Crippen LogP contribution in [0, 0.1) is 0 Å². The second-order valence-corrected chi connectivity index (χ2v) is 4.16.